The summed E-state index contributed by atoms with van der Waals surface area (Å²) in [6.07, 6.45) is 20.2. The van der Waals surface area contributed by atoms with Crippen molar-refractivity contribution in [3.63, 3.8) is 0 Å². The highest BCUT2D eigenvalue weighted by Crippen LogP contribution is 2.22. The van der Waals surface area contributed by atoms with E-state index in [1.165, 1.54) is 83.5 Å². The van der Waals surface area contributed by atoms with Crippen molar-refractivity contribution in [2.75, 3.05) is 14.1 Å². The van der Waals surface area contributed by atoms with E-state index in [2.05, 4.69) is 45.8 Å². The van der Waals surface area contributed by atoms with Gasteiger partial charge in [0.05, 0.1) is 0 Å². The Balaban J connectivity index is 4.47. The lowest BCUT2D eigenvalue weighted by Crippen LogP contribution is -2.30. The van der Waals surface area contributed by atoms with E-state index in [0.717, 1.165) is 0 Å². The minimum Gasteiger partial charge on any atom is -0.303 e. The average molecular weight is 310 g/mol. The third kappa shape index (κ3) is 11.3. The van der Waals surface area contributed by atoms with E-state index in [0.29, 0.717) is 6.04 Å². The maximum atomic E-state index is 2.60. The summed E-state index contributed by atoms with van der Waals surface area (Å²) >= 11 is 0. The summed E-state index contributed by atoms with van der Waals surface area (Å²) in [6.45, 7) is 6.90. The van der Waals surface area contributed by atoms with Gasteiger partial charge in [0.1, 0.15) is 0 Å². The predicted octanol–water partition coefficient (Wildman–Crippen LogP) is 6.97. The molecule has 0 aromatic rings. The molecule has 1 unspecified atom stereocenters. The monoisotopic (exact) mass is 309 g/mol. The van der Waals surface area contributed by atoms with Gasteiger partial charge in [-0.25, -0.2) is 0 Å². The summed E-state index contributed by atoms with van der Waals surface area (Å²) in [5.41, 5.74) is 1.72. The van der Waals surface area contributed by atoms with Gasteiger partial charge in [-0.15, -0.1) is 0 Å². The summed E-state index contributed by atoms with van der Waals surface area (Å²) in [5, 5.41) is 0. The third-order valence-corrected chi connectivity index (χ3v) is 4.67. The van der Waals surface area contributed by atoms with Crippen LogP contribution in [0, 0.1) is 0 Å². The van der Waals surface area contributed by atoms with Crippen molar-refractivity contribution in [3.05, 3.63) is 11.6 Å². The molecule has 0 fully saturated rings. The first-order chi connectivity index (χ1) is 10.7. The summed E-state index contributed by atoms with van der Waals surface area (Å²) in [4.78, 5) is 2.45. The maximum absolute atomic E-state index is 2.60. The highest BCUT2D eigenvalue weighted by Gasteiger charge is 2.15. The molecule has 22 heavy (non-hydrogen) atoms. The van der Waals surface area contributed by atoms with Crippen molar-refractivity contribution in [2.45, 2.75) is 110 Å². The van der Waals surface area contributed by atoms with Crippen molar-refractivity contribution in [1.29, 1.82) is 0 Å². The lowest BCUT2D eigenvalue weighted by atomic mass is 9.93. The molecular formula is C21H43N. The van der Waals surface area contributed by atoms with Crippen LogP contribution in [-0.4, -0.2) is 25.0 Å². The second-order valence-electron chi connectivity index (χ2n) is 7.06. The molecule has 0 heterocycles. The zero-order valence-electron chi connectivity index (χ0n) is 16.3. The SMILES string of the molecule is CCCCCCCC=C(CCCCC)C(CCCC)N(C)C. The molecule has 0 rings (SSSR count). The summed E-state index contributed by atoms with van der Waals surface area (Å²) in [5.74, 6) is 0. The number of likely N-dealkylation sites (N-methyl/N-ethyl adjacent to an activating group) is 1. The molecule has 1 atom stereocenters. The van der Waals surface area contributed by atoms with Crippen LogP contribution in [0.1, 0.15) is 104 Å². The average Bonchev–Trinajstić information content (AvgIpc) is 2.50. The Morgan fingerprint density at radius 3 is 1.95 bits per heavy atom. The van der Waals surface area contributed by atoms with Crippen molar-refractivity contribution >= 4 is 0 Å². The van der Waals surface area contributed by atoms with E-state index in [1.54, 1.807) is 5.57 Å². The lowest BCUT2D eigenvalue weighted by Gasteiger charge is -2.27. The summed E-state index contributed by atoms with van der Waals surface area (Å²) in [7, 11) is 4.52. The van der Waals surface area contributed by atoms with Gasteiger partial charge in [0, 0.05) is 6.04 Å². The topological polar surface area (TPSA) is 3.24 Å². The highest BCUT2D eigenvalue weighted by atomic mass is 15.1. The van der Waals surface area contributed by atoms with Gasteiger partial charge < -0.3 is 4.90 Å². The Morgan fingerprint density at radius 2 is 1.36 bits per heavy atom. The van der Waals surface area contributed by atoms with E-state index < -0.39 is 0 Å². The molecule has 0 amide bonds. The van der Waals surface area contributed by atoms with Crippen molar-refractivity contribution in [1.82, 2.24) is 4.90 Å². The summed E-state index contributed by atoms with van der Waals surface area (Å²) in [6, 6.07) is 0.674. The molecule has 0 aliphatic carbocycles. The quantitative estimate of drug-likeness (QED) is 0.233. The van der Waals surface area contributed by atoms with Gasteiger partial charge in [-0.3, -0.25) is 0 Å². The van der Waals surface area contributed by atoms with Crippen LogP contribution in [-0.2, 0) is 0 Å². The first-order valence-corrected chi connectivity index (χ1v) is 10.0. The van der Waals surface area contributed by atoms with Crippen LogP contribution in [0.2, 0.25) is 0 Å². The van der Waals surface area contributed by atoms with Crippen molar-refractivity contribution in [2.24, 2.45) is 0 Å². The molecular weight excluding hydrogens is 266 g/mol. The molecule has 132 valence electrons. The molecule has 0 N–H and O–H groups in total. The van der Waals surface area contributed by atoms with Crippen LogP contribution < -0.4 is 0 Å². The largest absolute Gasteiger partial charge is 0.303 e. The van der Waals surface area contributed by atoms with Crippen LogP contribution >= 0.6 is 0 Å². The fraction of sp³-hybridized carbons (Fsp3) is 0.905. The third-order valence-electron chi connectivity index (χ3n) is 4.67. The molecule has 0 aromatic carbocycles. The number of allylic oxidation sites excluding steroid dienone is 1. The molecule has 0 saturated carbocycles. The molecule has 0 aromatic heterocycles. The van der Waals surface area contributed by atoms with Gasteiger partial charge in [0.15, 0.2) is 0 Å². The first-order valence-electron chi connectivity index (χ1n) is 10.0. The van der Waals surface area contributed by atoms with Gasteiger partial charge in [-0.2, -0.15) is 0 Å². The molecule has 0 saturated heterocycles. The second-order valence-corrected chi connectivity index (χ2v) is 7.06. The zero-order chi connectivity index (χ0) is 16.6. The number of nitrogens with zero attached hydrogens (tertiary/aromatic N) is 1. The Kier molecular flexibility index (Phi) is 15.4. The van der Waals surface area contributed by atoms with Crippen LogP contribution in [0.15, 0.2) is 11.6 Å². The zero-order valence-corrected chi connectivity index (χ0v) is 16.3. The highest BCUT2D eigenvalue weighted by molar-refractivity contribution is 5.11. The smallest absolute Gasteiger partial charge is 0.0301 e. The van der Waals surface area contributed by atoms with Gasteiger partial charge >= 0.3 is 0 Å². The normalized spacial score (nSPS) is 13.8. The van der Waals surface area contributed by atoms with Crippen molar-refractivity contribution < 1.29 is 0 Å². The Labute approximate surface area is 141 Å². The van der Waals surface area contributed by atoms with E-state index in [9.17, 15) is 0 Å². The van der Waals surface area contributed by atoms with E-state index >= 15 is 0 Å². The van der Waals surface area contributed by atoms with Gasteiger partial charge in [0.25, 0.3) is 0 Å². The standard InChI is InChI=1S/C21H43N/c1-6-9-12-13-14-16-18-20(17-15-10-7-2)21(22(4)5)19-11-8-3/h18,21H,6-17,19H2,1-5H3. The Hall–Kier alpha value is -0.300. The van der Waals surface area contributed by atoms with Crippen LogP contribution in [0.4, 0.5) is 0 Å². The van der Waals surface area contributed by atoms with Crippen molar-refractivity contribution in [3.8, 4) is 0 Å². The molecule has 1 heteroatoms. The van der Waals surface area contributed by atoms with E-state index in [-0.39, 0.29) is 0 Å². The number of hydrogen-bond acceptors (Lipinski definition) is 1. The first kappa shape index (κ1) is 21.7. The predicted molar refractivity (Wildman–Crippen MR) is 103 cm³/mol. The molecule has 0 aliphatic rings. The van der Waals surface area contributed by atoms with E-state index in [4.69, 9.17) is 0 Å². The minimum atomic E-state index is 0.674. The number of hydrogen-bond donors (Lipinski definition) is 0. The van der Waals surface area contributed by atoms with Crippen LogP contribution in [0.3, 0.4) is 0 Å². The van der Waals surface area contributed by atoms with E-state index in [1.807, 2.05) is 0 Å². The fourth-order valence-electron chi connectivity index (χ4n) is 3.19. The molecule has 0 spiro atoms. The maximum Gasteiger partial charge on any atom is 0.0301 e. The summed E-state index contributed by atoms with van der Waals surface area (Å²) < 4.78 is 0. The number of rotatable bonds is 15. The molecule has 0 bridgehead atoms. The van der Waals surface area contributed by atoms with Crippen LogP contribution in [0.5, 0.6) is 0 Å². The van der Waals surface area contributed by atoms with Gasteiger partial charge in [0.2, 0.25) is 0 Å². The van der Waals surface area contributed by atoms with Gasteiger partial charge in [-0.05, 0) is 46.2 Å². The molecule has 0 radical (unpaired) electrons. The fourth-order valence-corrected chi connectivity index (χ4v) is 3.19. The lowest BCUT2D eigenvalue weighted by molar-refractivity contribution is 0.301. The van der Waals surface area contributed by atoms with Gasteiger partial charge in [-0.1, -0.05) is 83.8 Å². The Morgan fingerprint density at radius 1 is 0.773 bits per heavy atom. The minimum absolute atomic E-state index is 0.674. The van der Waals surface area contributed by atoms with Crippen LogP contribution in [0.25, 0.3) is 0 Å². The molecule has 0 aliphatic heterocycles. The Bertz CT molecular complexity index is 255. The second kappa shape index (κ2) is 15.6. The molecule has 1 nitrogen and oxygen atoms in total. The number of unbranched alkanes of at least 4 members (excludes halogenated alkanes) is 8.